The van der Waals surface area contributed by atoms with Crippen molar-refractivity contribution in [2.75, 3.05) is 11.9 Å². The number of aromatic carboxylic acids is 1. The third-order valence-electron chi connectivity index (χ3n) is 2.70. The van der Waals surface area contributed by atoms with E-state index < -0.39 is 5.97 Å². The molecule has 0 unspecified atom stereocenters. The molecule has 2 aromatic rings. The number of hydrogen-bond acceptors (Lipinski definition) is 5. The SMILES string of the molecule is CN(Cc1ncncc1C(=O)O)c1ccc(O)cc1. The Labute approximate surface area is 110 Å². The maximum atomic E-state index is 11.1. The maximum absolute atomic E-state index is 11.1. The van der Waals surface area contributed by atoms with E-state index in [9.17, 15) is 9.90 Å². The fourth-order valence-electron chi connectivity index (χ4n) is 1.68. The Morgan fingerprint density at radius 1 is 1.32 bits per heavy atom. The molecule has 1 aromatic carbocycles. The molecule has 1 heterocycles. The van der Waals surface area contributed by atoms with E-state index >= 15 is 0 Å². The standard InChI is InChI=1S/C13H13N3O3/c1-16(9-2-4-10(17)5-3-9)7-12-11(13(18)19)6-14-8-15-12/h2-6,8,17H,7H2,1H3,(H,18,19). The van der Waals surface area contributed by atoms with Gasteiger partial charge >= 0.3 is 5.97 Å². The van der Waals surface area contributed by atoms with Crippen molar-refractivity contribution in [3.05, 3.63) is 48.0 Å². The largest absolute Gasteiger partial charge is 0.508 e. The number of phenolic OH excluding ortho intramolecular Hbond substituents is 1. The Hall–Kier alpha value is -2.63. The lowest BCUT2D eigenvalue weighted by atomic mass is 10.2. The number of anilines is 1. The van der Waals surface area contributed by atoms with E-state index in [-0.39, 0.29) is 11.3 Å². The zero-order chi connectivity index (χ0) is 13.8. The molecule has 2 N–H and O–H groups in total. The Bertz CT molecular complexity index is 584. The summed E-state index contributed by atoms with van der Waals surface area (Å²) in [4.78, 5) is 20.6. The van der Waals surface area contributed by atoms with Gasteiger partial charge in [-0.3, -0.25) is 0 Å². The normalized spacial score (nSPS) is 10.2. The monoisotopic (exact) mass is 259 g/mol. The second kappa shape index (κ2) is 5.34. The number of hydrogen-bond donors (Lipinski definition) is 2. The molecule has 0 aliphatic rings. The lowest BCUT2D eigenvalue weighted by Crippen LogP contribution is -2.19. The molecule has 6 nitrogen and oxygen atoms in total. The number of nitrogens with zero attached hydrogens (tertiary/aromatic N) is 3. The molecule has 1 aromatic heterocycles. The lowest BCUT2D eigenvalue weighted by molar-refractivity contribution is 0.0694. The van der Waals surface area contributed by atoms with E-state index in [0.29, 0.717) is 12.2 Å². The van der Waals surface area contributed by atoms with Crippen molar-refractivity contribution in [3.8, 4) is 5.75 Å². The van der Waals surface area contributed by atoms with Gasteiger partial charge in [-0.1, -0.05) is 0 Å². The van der Waals surface area contributed by atoms with Crippen molar-refractivity contribution in [2.24, 2.45) is 0 Å². The highest BCUT2D eigenvalue weighted by Crippen LogP contribution is 2.19. The second-order valence-electron chi connectivity index (χ2n) is 4.06. The number of phenols is 1. The highest BCUT2D eigenvalue weighted by Gasteiger charge is 2.13. The molecule has 6 heteroatoms. The second-order valence-corrected chi connectivity index (χ2v) is 4.06. The van der Waals surface area contributed by atoms with Gasteiger partial charge in [-0.15, -0.1) is 0 Å². The summed E-state index contributed by atoms with van der Waals surface area (Å²) >= 11 is 0. The van der Waals surface area contributed by atoms with E-state index in [1.54, 1.807) is 24.3 Å². The maximum Gasteiger partial charge on any atom is 0.339 e. The van der Waals surface area contributed by atoms with Crippen LogP contribution in [0.2, 0.25) is 0 Å². The predicted octanol–water partition coefficient (Wildman–Crippen LogP) is 1.52. The molecule has 0 fully saturated rings. The van der Waals surface area contributed by atoms with E-state index in [4.69, 9.17) is 5.11 Å². The summed E-state index contributed by atoms with van der Waals surface area (Å²) in [6.07, 6.45) is 2.61. The summed E-state index contributed by atoms with van der Waals surface area (Å²) in [6.45, 7) is 0.342. The average Bonchev–Trinajstić information content (AvgIpc) is 2.39. The quantitative estimate of drug-likeness (QED) is 0.865. The Morgan fingerprint density at radius 3 is 2.63 bits per heavy atom. The van der Waals surface area contributed by atoms with Crippen LogP contribution in [0.25, 0.3) is 0 Å². The van der Waals surface area contributed by atoms with Gasteiger partial charge in [0, 0.05) is 18.9 Å². The van der Waals surface area contributed by atoms with Crippen molar-refractivity contribution in [1.29, 1.82) is 0 Å². The molecule has 0 aliphatic carbocycles. The van der Waals surface area contributed by atoms with Crippen LogP contribution < -0.4 is 4.90 Å². The van der Waals surface area contributed by atoms with E-state index in [0.717, 1.165) is 5.69 Å². The Kier molecular flexibility index (Phi) is 3.61. The number of carboxylic acid groups (broad SMARTS) is 1. The van der Waals surface area contributed by atoms with Crippen molar-refractivity contribution in [1.82, 2.24) is 9.97 Å². The van der Waals surface area contributed by atoms with Crippen LogP contribution >= 0.6 is 0 Å². The van der Waals surface area contributed by atoms with Crippen molar-refractivity contribution in [2.45, 2.75) is 6.54 Å². The first-order valence-electron chi connectivity index (χ1n) is 5.60. The minimum absolute atomic E-state index is 0.0909. The van der Waals surface area contributed by atoms with Gasteiger partial charge in [0.1, 0.15) is 17.6 Å². The number of benzene rings is 1. The van der Waals surface area contributed by atoms with Crippen molar-refractivity contribution in [3.63, 3.8) is 0 Å². The zero-order valence-electron chi connectivity index (χ0n) is 10.3. The minimum Gasteiger partial charge on any atom is -0.508 e. The van der Waals surface area contributed by atoms with Gasteiger partial charge in [0.15, 0.2) is 0 Å². The molecule has 2 rings (SSSR count). The Balaban J connectivity index is 2.21. The van der Waals surface area contributed by atoms with Crippen LogP contribution in [-0.2, 0) is 6.54 Å². The fraction of sp³-hybridized carbons (Fsp3) is 0.154. The van der Waals surface area contributed by atoms with Crippen LogP contribution in [-0.4, -0.2) is 33.2 Å². The van der Waals surface area contributed by atoms with Gasteiger partial charge in [-0.2, -0.15) is 0 Å². The molecule has 0 saturated heterocycles. The van der Waals surface area contributed by atoms with Gasteiger partial charge in [0.2, 0.25) is 0 Å². The zero-order valence-corrected chi connectivity index (χ0v) is 10.3. The molecule has 0 bridgehead atoms. The smallest absolute Gasteiger partial charge is 0.339 e. The minimum atomic E-state index is -1.05. The fourth-order valence-corrected chi connectivity index (χ4v) is 1.68. The summed E-state index contributed by atoms with van der Waals surface area (Å²) in [5.41, 5.74) is 1.39. The molecule has 0 aliphatic heterocycles. The van der Waals surface area contributed by atoms with E-state index in [1.165, 1.54) is 12.5 Å². The summed E-state index contributed by atoms with van der Waals surface area (Å²) in [5, 5.41) is 18.3. The number of rotatable bonds is 4. The van der Waals surface area contributed by atoms with Crippen LogP contribution in [0.1, 0.15) is 16.1 Å². The van der Waals surface area contributed by atoms with Gasteiger partial charge in [0.05, 0.1) is 12.2 Å². The molecule has 98 valence electrons. The molecular formula is C13H13N3O3. The molecule has 0 saturated carbocycles. The molecular weight excluding hydrogens is 246 g/mol. The number of carboxylic acids is 1. The van der Waals surface area contributed by atoms with Crippen molar-refractivity contribution < 1.29 is 15.0 Å². The third-order valence-corrected chi connectivity index (χ3v) is 2.70. The van der Waals surface area contributed by atoms with Crippen LogP contribution in [0, 0.1) is 0 Å². The predicted molar refractivity (Wildman–Crippen MR) is 69.2 cm³/mol. The van der Waals surface area contributed by atoms with E-state index in [1.807, 2.05) is 11.9 Å². The van der Waals surface area contributed by atoms with Crippen LogP contribution in [0.4, 0.5) is 5.69 Å². The molecule has 0 atom stereocenters. The average molecular weight is 259 g/mol. The number of carbonyl (C=O) groups is 1. The topological polar surface area (TPSA) is 86.6 Å². The highest BCUT2D eigenvalue weighted by molar-refractivity contribution is 5.88. The van der Waals surface area contributed by atoms with Crippen LogP contribution in [0.15, 0.2) is 36.8 Å². The first-order valence-corrected chi connectivity index (χ1v) is 5.60. The molecule has 0 spiro atoms. The number of aromatic nitrogens is 2. The van der Waals surface area contributed by atoms with E-state index in [2.05, 4.69) is 9.97 Å². The van der Waals surface area contributed by atoms with Gasteiger partial charge in [0.25, 0.3) is 0 Å². The van der Waals surface area contributed by atoms with Gasteiger partial charge in [-0.25, -0.2) is 14.8 Å². The van der Waals surface area contributed by atoms with Gasteiger partial charge in [-0.05, 0) is 24.3 Å². The first kappa shape index (κ1) is 12.8. The summed E-state index contributed by atoms with van der Waals surface area (Å²) < 4.78 is 0. The lowest BCUT2D eigenvalue weighted by Gasteiger charge is -2.19. The summed E-state index contributed by atoms with van der Waals surface area (Å²) in [5.74, 6) is -0.861. The van der Waals surface area contributed by atoms with Crippen LogP contribution in [0.3, 0.4) is 0 Å². The third kappa shape index (κ3) is 2.98. The summed E-state index contributed by atoms with van der Waals surface area (Å²) in [7, 11) is 1.82. The molecule has 0 radical (unpaired) electrons. The van der Waals surface area contributed by atoms with Gasteiger partial charge < -0.3 is 15.1 Å². The summed E-state index contributed by atoms with van der Waals surface area (Å²) in [6, 6.07) is 6.64. The molecule has 19 heavy (non-hydrogen) atoms. The first-order chi connectivity index (χ1) is 9.08. The highest BCUT2D eigenvalue weighted by atomic mass is 16.4. The molecule has 0 amide bonds. The Morgan fingerprint density at radius 2 is 2.00 bits per heavy atom. The van der Waals surface area contributed by atoms with Crippen molar-refractivity contribution >= 4 is 11.7 Å². The van der Waals surface area contributed by atoms with Crippen LogP contribution in [0.5, 0.6) is 5.75 Å². The number of aromatic hydroxyl groups is 1.